The van der Waals surface area contributed by atoms with Gasteiger partial charge in [-0.05, 0) is 31.6 Å². The first-order chi connectivity index (χ1) is 9.69. The van der Waals surface area contributed by atoms with E-state index in [0.29, 0.717) is 18.8 Å². The van der Waals surface area contributed by atoms with Gasteiger partial charge in [-0.3, -0.25) is 9.59 Å². The zero-order valence-electron chi connectivity index (χ0n) is 11.6. The molecule has 0 aromatic rings. The molecule has 0 unspecified atom stereocenters. The van der Waals surface area contributed by atoms with E-state index < -0.39 is 35.5 Å². The number of halogens is 5. The van der Waals surface area contributed by atoms with Crippen LogP contribution in [0, 0.1) is 5.92 Å². The molecule has 0 aromatic heterocycles. The standard InChI is InChI=1S/C13H18ClF4NO2/c1-2-8-3-5-12(6-4-8,9(20)7-14)19-11(21)13(17,18)10(15)16/h8,10H,2-7H2,1H3,(H,19,21). The molecule has 0 aliphatic heterocycles. The minimum Gasteiger partial charge on any atom is -0.338 e. The summed E-state index contributed by atoms with van der Waals surface area (Å²) in [5.74, 6) is -7.68. The number of hydrogen-bond donors (Lipinski definition) is 1. The van der Waals surface area contributed by atoms with E-state index in [4.69, 9.17) is 11.6 Å². The van der Waals surface area contributed by atoms with Crippen LogP contribution in [0.1, 0.15) is 39.0 Å². The third-order valence-electron chi connectivity index (χ3n) is 4.12. The van der Waals surface area contributed by atoms with Gasteiger partial charge in [-0.1, -0.05) is 13.3 Å². The number of alkyl halides is 5. The lowest BCUT2D eigenvalue weighted by atomic mass is 9.73. The second-order valence-electron chi connectivity index (χ2n) is 5.37. The highest BCUT2D eigenvalue weighted by Crippen LogP contribution is 2.36. The quantitative estimate of drug-likeness (QED) is 0.600. The van der Waals surface area contributed by atoms with Crippen LogP contribution in [0.4, 0.5) is 17.6 Å². The first-order valence-corrected chi connectivity index (χ1v) is 7.31. The highest BCUT2D eigenvalue weighted by molar-refractivity contribution is 6.29. The molecule has 1 aliphatic carbocycles. The average Bonchev–Trinajstić information content (AvgIpc) is 2.46. The van der Waals surface area contributed by atoms with Gasteiger partial charge >= 0.3 is 12.3 Å². The Morgan fingerprint density at radius 2 is 1.86 bits per heavy atom. The second-order valence-corrected chi connectivity index (χ2v) is 5.64. The lowest BCUT2D eigenvalue weighted by Crippen LogP contribution is -2.61. The molecule has 1 saturated carbocycles. The van der Waals surface area contributed by atoms with E-state index in [9.17, 15) is 27.2 Å². The molecular formula is C13H18ClF4NO2. The van der Waals surface area contributed by atoms with Gasteiger partial charge in [-0.25, -0.2) is 8.78 Å². The van der Waals surface area contributed by atoms with Crippen molar-refractivity contribution in [3.8, 4) is 0 Å². The average molecular weight is 332 g/mol. The summed E-state index contributed by atoms with van der Waals surface area (Å²) in [6.45, 7) is 1.96. The van der Waals surface area contributed by atoms with E-state index in [1.807, 2.05) is 12.2 Å². The number of carbonyl (C=O) groups excluding carboxylic acids is 2. The monoisotopic (exact) mass is 331 g/mol. The molecule has 3 nitrogen and oxygen atoms in total. The molecule has 0 aromatic carbocycles. The minimum absolute atomic E-state index is 0.141. The van der Waals surface area contributed by atoms with Gasteiger partial charge in [0.05, 0.1) is 11.4 Å². The van der Waals surface area contributed by atoms with Crippen molar-refractivity contribution in [2.24, 2.45) is 5.92 Å². The fourth-order valence-electron chi connectivity index (χ4n) is 2.58. The molecule has 1 fully saturated rings. The van der Waals surface area contributed by atoms with Crippen LogP contribution in [-0.2, 0) is 9.59 Å². The Kier molecular flexibility index (Phi) is 6.01. The predicted octanol–water partition coefficient (Wildman–Crippen LogP) is 3.15. The molecule has 1 N–H and O–H groups in total. The summed E-state index contributed by atoms with van der Waals surface area (Å²) in [7, 11) is 0. The molecule has 0 radical (unpaired) electrons. The fraction of sp³-hybridized carbons (Fsp3) is 0.846. The Hall–Kier alpha value is -0.850. The predicted molar refractivity (Wildman–Crippen MR) is 69.8 cm³/mol. The fourth-order valence-corrected chi connectivity index (χ4v) is 2.84. The molecule has 1 aliphatic rings. The Morgan fingerprint density at radius 1 is 1.33 bits per heavy atom. The zero-order valence-corrected chi connectivity index (χ0v) is 12.4. The maximum Gasteiger partial charge on any atom is 0.383 e. The third-order valence-corrected chi connectivity index (χ3v) is 4.36. The molecule has 0 saturated heterocycles. The van der Waals surface area contributed by atoms with Crippen molar-refractivity contribution < 1.29 is 27.2 Å². The number of hydrogen-bond acceptors (Lipinski definition) is 2. The lowest BCUT2D eigenvalue weighted by molar-refractivity contribution is -0.172. The third kappa shape index (κ3) is 3.87. The van der Waals surface area contributed by atoms with Crippen LogP contribution < -0.4 is 5.32 Å². The first kappa shape index (κ1) is 18.2. The maximum atomic E-state index is 13.1. The Morgan fingerprint density at radius 3 is 2.24 bits per heavy atom. The summed E-state index contributed by atoms with van der Waals surface area (Å²) in [5, 5.41) is 1.85. The molecule has 0 heterocycles. The van der Waals surface area contributed by atoms with E-state index in [1.54, 1.807) is 0 Å². The first-order valence-electron chi connectivity index (χ1n) is 6.77. The van der Waals surface area contributed by atoms with Crippen molar-refractivity contribution in [3.05, 3.63) is 0 Å². The highest BCUT2D eigenvalue weighted by atomic mass is 35.5. The van der Waals surface area contributed by atoms with Crippen molar-refractivity contribution in [2.75, 3.05) is 5.88 Å². The lowest BCUT2D eigenvalue weighted by Gasteiger charge is -2.39. The van der Waals surface area contributed by atoms with Crippen LogP contribution in [0.2, 0.25) is 0 Å². The summed E-state index contributed by atoms with van der Waals surface area (Å²) in [4.78, 5) is 23.4. The van der Waals surface area contributed by atoms with E-state index in [2.05, 4.69) is 0 Å². The van der Waals surface area contributed by atoms with Gasteiger partial charge in [0.15, 0.2) is 5.78 Å². The molecule has 122 valence electrons. The summed E-state index contributed by atoms with van der Waals surface area (Å²) in [6, 6.07) is 0. The summed E-state index contributed by atoms with van der Waals surface area (Å²) < 4.78 is 50.6. The molecule has 0 atom stereocenters. The number of Topliss-reactive ketones (excluding diaryl/α,β-unsaturated/α-hetero) is 1. The van der Waals surface area contributed by atoms with Gasteiger partial charge in [0.1, 0.15) is 0 Å². The molecule has 21 heavy (non-hydrogen) atoms. The van der Waals surface area contributed by atoms with Crippen molar-refractivity contribution in [1.29, 1.82) is 0 Å². The zero-order chi connectivity index (χ0) is 16.3. The van der Waals surface area contributed by atoms with Crippen molar-refractivity contribution >= 4 is 23.3 Å². The van der Waals surface area contributed by atoms with Crippen LogP contribution in [0.15, 0.2) is 0 Å². The molecular weight excluding hydrogens is 314 g/mol. The normalized spacial score (nSPS) is 26.7. The number of amides is 1. The molecule has 0 spiro atoms. The van der Waals surface area contributed by atoms with Crippen molar-refractivity contribution in [2.45, 2.75) is 56.9 Å². The van der Waals surface area contributed by atoms with Gasteiger partial charge in [-0.15, -0.1) is 11.6 Å². The summed E-state index contributed by atoms with van der Waals surface area (Å²) in [5.41, 5.74) is -1.55. The Balaban J connectivity index is 2.91. The van der Waals surface area contributed by atoms with Gasteiger partial charge in [-0.2, -0.15) is 8.78 Å². The van der Waals surface area contributed by atoms with Crippen LogP contribution in [-0.4, -0.2) is 35.5 Å². The number of nitrogens with one attached hydrogen (secondary N) is 1. The molecule has 0 bridgehead atoms. The van der Waals surface area contributed by atoms with Crippen LogP contribution in [0.5, 0.6) is 0 Å². The van der Waals surface area contributed by atoms with Gasteiger partial charge in [0.2, 0.25) is 0 Å². The van der Waals surface area contributed by atoms with Crippen molar-refractivity contribution in [3.63, 3.8) is 0 Å². The highest BCUT2D eigenvalue weighted by Gasteiger charge is 2.53. The summed E-state index contributed by atoms with van der Waals surface area (Å²) in [6.07, 6.45) is -1.86. The topological polar surface area (TPSA) is 46.2 Å². The largest absolute Gasteiger partial charge is 0.383 e. The molecule has 1 amide bonds. The van der Waals surface area contributed by atoms with E-state index in [0.717, 1.165) is 6.42 Å². The second kappa shape index (κ2) is 6.94. The number of rotatable bonds is 6. The maximum absolute atomic E-state index is 13.1. The van der Waals surface area contributed by atoms with E-state index in [-0.39, 0.29) is 12.8 Å². The minimum atomic E-state index is -4.82. The van der Waals surface area contributed by atoms with Crippen LogP contribution in [0.3, 0.4) is 0 Å². The smallest absolute Gasteiger partial charge is 0.338 e. The van der Waals surface area contributed by atoms with Gasteiger partial charge in [0, 0.05) is 0 Å². The molecule has 8 heteroatoms. The Labute approximate surface area is 125 Å². The van der Waals surface area contributed by atoms with Crippen LogP contribution >= 0.6 is 11.6 Å². The molecule has 1 rings (SSSR count). The number of carbonyl (C=O) groups is 2. The van der Waals surface area contributed by atoms with Crippen molar-refractivity contribution in [1.82, 2.24) is 5.32 Å². The van der Waals surface area contributed by atoms with Gasteiger partial charge in [0.25, 0.3) is 5.91 Å². The van der Waals surface area contributed by atoms with Crippen LogP contribution in [0.25, 0.3) is 0 Å². The summed E-state index contributed by atoms with van der Waals surface area (Å²) >= 11 is 5.47. The van der Waals surface area contributed by atoms with Gasteiger partial charge < -0.3 is 5.32 Å². The Bertz CT molecular complexity index is 396. The van der Waals surface area contributed by atoms with E-state index in [1.165, 1.54) is 0 Å². The van der Waals surface area contributed by atoms with E-state index >= 15 is 0 Å². The number of ketones is 1. The SMILES string of the molecule is CCC1CCC(NC(=O)C(F)(F)C(F)F)(C(=O)CCl)CC1.